The van der Waals surface area contributed by atoms with Gasteiger partial charge in [-0.2, -0.15) is 10.2 Å². The van der Waals surface area contributed by atoms with Crippen LogP contribution in [-0.4, -0.2) is 55.6 Å². The Morgan fingerprint density at radius 3 is 2.56 bits per heavy atom. The molecule has 4 heterocycles. The van der Waals surface area contributed by atoms with Crippen LogP contribution in [0.4, 0.5) is 4.39 Å². The highest BCUT2D eigenvalue weighted by Gasteiger charge is 2.42. The summed E-state index contributed by atoms with van der Waals surface area (Å²) in [7, 11) is 3.16. The van der Waals surface area contributed by atoms with Gasteiger partial charge in [0.05, 0.1) is 36.8 Å². The van der Waals surface area contributed by atoms with Crippen LogP contribution in [0.5, 0.6) is 5.75 Å². The van der Waals surface area contributed by atoms with Gasteiger partial charge in [-0.1, -0.05) is 11.3 Å². The molecule has 0 bridgehead atoms. The number of aromatic nitrogens is 5. The minimum Gasteiger partial charge on any atom is -0.496 e. The van der Waals surface area contributed by atoms with Crippen LogP contribution in [0, 0.1) is 12.7 Å². The first-order chi connectivity index (χ1) is 17.1. The van der Waals surface area contributed by atoms with Crippen LogP contribution in [0.2, 0.25) is 0 Å². The van der Waals surface area contributed by atoms with Gasteiger partial charge in [0.2, 0.25) is 5.91 Å². The summed E-state index contributed by atoms with van der Waals surface area (Å²) in [5.41, 5.74) is -0.741. The lowest BCUT2D eigenvalue weighted by molar-refractivity contribution is -0.126. The zero-order valence-corrected chi connectivity index (χ0v) is 21.1. The summed E-state index contributed by atoms with van der Waals surface area (Å²) in [6.45, 7) is 3.95. The van der Waals surface area contributed by atoms with E-state index in [1.807, 2.05) is 0 Å². The van der Waals surface area contributed by atoms with Crippen molar-refractivity contribution in [3.63, 3.8) is 0 Å². The molecule has 0 unspecified atom stereocenters. The van der Waals surface area contributed by atoms with E-state index in [0.717, 1.165) is 0 Å². The Morgan fingerprint density at radius 1 is 1.19 bits per heavy atom. The molecule has 10 nitrogen and oxygen atoms in total. The summed E-state index contributed by atoms with van der Waals surface area (Å²) in [5, 5.41) is 9.38. The number of carbonyl (C=O) groups is 1. The van der Waals surface area contributed by atoms with Crippen molar-refractivity contribution in [2.24, 2.45) is 0 Å². The number of nitrogens with zero attached hydrogens (tertiary/aromatic N) is 6. The van der Waals surface area contributed by atoms with E-state index in [0.29, 0.717) is 32.1 Å². The normalized spacial score (nSPS) is 17.9. The molecule has 1 atom stereocenters. The maximum absolute atomic E-state index is 14.0. The van der Waals surface area contributed by atoms with Gasteiger partial charge in [-0.15, -0.1) is 4.80 Å². The van der Waals surface area contributed by atoms with E-state index in [9.17, 15) is 18.8 Å². The fraction of sp³-hybridized carbons (Fsp3) is 0.375. The first kappa shape index (κ1) is 23.9. The highest BCUT2D eigenvalue weighted by molar-refractivity contribution is 7.21. The van der Waals surface area contributed by atoms with E-state index in [1.54, 1.807) is 27.0 Å². The standard InChI is InChI=1S/C24H25FN6O4S/c1-14-19-20(33)30(24(2)12-18(32)28(3)13-24)23(34)29(22(19)36-21(14)31-26-8-9-27-31)10-7-15-11-16(25)5-6-17(15)35-4/h5-6,8-9,11H,7,10,12-13H2,1-4H3/t24-/m0/s1. The summed E-state index contributed by atoms with van der Waals surface area (Å²) in [6.07, 6.45) is 3.40. The number of hydrogen-bond donors (Lipinski definition) is 0. The fourth-order valence-corrected chi connectivity index (χ4v) is 6.20. The molecule has 0 saturated carbocycles. The topological polar surface area (TPSA) is 104 Å². The van der Waals surface area contributed by atoms with Crippen molar-refractivity contribution in [3.05, 3.63) is 68.4 Å². The van der Waals surface area contributed by atoms with Crippen LogP contribution < -0.4 is 16.0 Å². The lowest BCUT2D eigenvalue weighted by Gasteiger charge is -2.26. The Hall–Kier alpha value is -3.80. The highest BCUT2D eigenvalue weighted by Crippen LogP contribution is 2.33. The van der Waals surface area contributed by atoms with Gasteiger partial charge < -0.3 is 9.64 Å². The molecular formula is C24H25FN6O4S. The van der Waals surface area contributed by atoms with Gasteiger partial charge in [-0.25, -0.2) is 9.18 Å². The molecule has 1 aromatic carbocycles. The maximum atomic E-state index is 14.0. The minimum atomic E-state index is -1.01. The molecule has 1 aliphatic heterocycles. The molecule has 12 heteroatoms. The molecule has 0 N–H and O–H groups in total. The summed E-state index contributed by atoms with van der Waals surface area (Å²) in [4.78, 5) is 43.6. The van der Waals surface area contributed by atoms with Crippen molar-refractivity contribution in [2.45, 2.75) is 38.8 Å². The molecule has 188 valence electrons. The maximum Gasteiger partial charge on any atom is 0.332 e. The van der Waals surface area contributed by atoms with Crippen LogP contribution in [0.3, 0.4) is 0 Å². The molecule has 0 aliphatic carbocycles. The average Bonchev–Trinajstić information content (AvgIpc) is 3.52. The number of rotatable bonds is 6. The van der Waals surface area contributed by atoms with Crippen LogP contribution >= 0.6 is 11.3 Å². The quantitative estimate of drug-likeness (QED) is 0.392. The molecule has 0 radical (unpaired) electrons. The number of likely N-dealkylation sites (N-methyl/N-ethyl adjacent to an activating group) is 1. The first-order valence-electron chi connectivity index (χ1n) is 11.4. The van der Waals surface area contributed by atoms with Crippen LogP contribution in [-0.2, 0) is 23.3 Å². The van der Waals surface area contributed by atoms with Gasteiger partial charge >= 0.3 is 5.69 Å². The first-order valence-corrected chi connectivity index (χ1v) is 12.2. The van der Waals surface area contributed by atoms with Gasteiger partial charge in [-0.3, -0.25) is 18.7 Å². The fourth-order valence-electron chi connectivity index (χ4n) is 4.96. The number of ether oxygens (including phenoxy) is 1. The number of amides is 1. The van der Waals surface area contributed by atoms with E-state index in [-0.39, 0.29) is 31.8 Å². The molecule has 4 aromatic rings. The van der Waals surface area contributed by atoms with Gasteiger partial charge in [-0.05, 0) is 44.0 Å². The number of carbonyl (C=O) groups excluding carboxylic acids is 1. The number of hydrogen-bond acceptors (Lipinski definition) is 7. The Morgan fingerprint density at radius 2 is 1.92 bits per heavy atom. The number of methoxy groups -OCH3 is 1. The van der Waals surface area contributed by atoms with Crippen LogP contribution in [0.1, 0.15) is 24.5 Å². The molecule has 0 spiro atoms. The molecule has 1 amide bonds. The third-order valence-corrected chi connectivity index (χ3v) is 7.99. The van der Waals surface area contributed by atoms with Crippen molar-refractivity contribution in [3.8, 4) is 10.8 Å². The van der Waals surface area contributed by atoms with Gasteiger partial charge in [0.1, 0.15) is 21.4 Å². The number of thiophene rings is 1. The van der Waals surface area contributed by atoms with Crippen molar-refractivity contribution < 1.29 is 13.9 Å². The van der Waals surface area contributed by atoms with Gasteiger partial charge in [0.15, 0.2) is 0 Å². The number of aryl methyl sites for hydroxylation is 3. The van der Waals surface area contributed by atoms with Crippen LogP contribution in [0.25, 0.3) is 15.2 Å². The Balaban J connectivity index is 1.74. The van der Waals surface area contributed by atoms with E-state index >= 15 is 0 Å². The van der Waals surface area contributed by atoms with E-state index in [1.165, 1.54) is 61.8 Å². The minimum absolute atomic E-state index is 0.0403. The van der Waals surface area contributed by atoms with Gasteiger partial charge in [0.25, 0.3) is 5.56 Å². The average molecular weight is 513 g/mol. The van der Waals surface area contributed by atoms with Crippen LogP contribution in [0.15, 0.2) is 40.2 Å². The second-order valence-corrected chi connectivity index (χ2v) is 10.2. The summed E-state index contributed by atoms with van der Waals surface area (Å²) in [5.74, 6) is -0.0384. The molecule has 1 saturated heterocycles. The second kappa shape index (κ2) is 8.70. The van der Waals surface area contributed by atoms with Gasteiger partial charge in [0, 0.05) is 25.7 Å². The largest absolute Gasteiger partial charge is 0.496 e. The zero-order chi connectivity index (χ0) is 25.8. The Bertz CT molecular complexity index is 1610. The third-order valence-electron chi connectivity index (χ3n) is 6.71. The molecule has 1 fully saturated rings. The smallest absolute Gasteiger partial charge is 0.332 e. The second-order valence-electron chi connectivity index (χ2n) is 9.24. The monoisotopic (exact) mass is 512 g/mol. The number of fused-ring (bicyclic) bond motifs is 1. The Kier molecular flexibility index (Phi) is 5.78. The van der Waals surface area contributed by atoms with Crippen molar-refractivity contribution in [1.82, 2.24) is 29.0 Å². The predicted molar refractivity (Wildman–Crippen MR) is 133 cm³/mol. The molecule has 1 aliphatic rings. The third kappa shape index (κ3) is 3.72. The highest BCUT2D eigenvalue weighted by atomic mass is 32.1. The van der Waals surface area contributed by atoms with E-state index in [4.69, 9.17) is 4.74 Å². The lowest BCUT2D eigenvalue weighted by atomic mass is 10.0. The number of likely N-dealkylation sites (tertiary alicyclic amines) is 1. The summed E-state index contributed by atoms with van der Waals surface area (Å²) in [6, 6.07) is 4.23. The van der Waals surface area contributed by atoms with Crippen molar-refractivity contribution in [2.75, 3.05) is 20.7 Å². The van der Waals surface area contributed by atoms with Crippen molar-refractivity contribution in [1.29, 1.82) is 0 Å². The number of benzene rings is 1. The molecule has 3 aromatic heterocycles. The summed E-state index contributed by atoms with van der Waals surface area (Å²) >= 11 is 1.24. The lowest BCUT2D eigenvalue weighted by Crippen LogP contribution is -2.51. The molecule has 5 rings (SSSR count). The SMILES string of the molecule is COc1ccc(F)cc1CCn1c(=O)n([C@@]2(C)CC(=O)N(C)C2)c(=O)c2c(C)c(-n3nccn3)sc21. The van der Waals surface area contributed by atoms with Crippen molar-refractivity contribution >= 4 is 27.5 Å². The Labute approximate surface area is 209 Å². The summed E-state index contributed by atoms with van der Waals surface area (Å²) < 4.78 is 22.1. The number of halogens is 1. The zero-order valence-electron chi connectivity index (χ0n) is 20.3. The molecular weight excluding hydrogens is 487 g/mol. The van der Waals surface area contributed by atoms with E-state index in [2.05, 4.69) is 10.2 Å². The molecule has 36 heavy (non-hydrogen) atoms. The predicted octanol–water partition coefficient (Wildman–Crippen LogP) is 2.08. The van der Waals surface area contributed by atoms with E-state index < -0.39 is 22.6 Å².